The van der Waals surface area contributed by atoms with Crippen LogP contribution in [-0.2, 0) is 12.3 Å². The molecule has 0 atom stereocenters. The number of aromatic nitrogens is 1. The number of rotatable bonds is 3. The molecule has 3 heteroatoms. The highest BCUT2D eigenvalue weighted by atomic mass is 35.5. The summed E-state index contributed by atoms with van der Waals surface area (Å²) in [7, 11) is 0. The van der Waals surface area contributed by atoms with Crippen molar-refractivity contribution in [1.82, 2.24) is 4.98 Å². The Kier molecular flexibility index (Phi) is 2.35. The van der Waals surface area contributed by atoms with E-state index in [1.54, 1.807) is 6.20 Å². The molecule has 1 fully saturated rings. The quantitative estimate of drug-likeness (QED) is 0.677. The van der Waals surface area contributed by atoms with E-state index in [1.807, 2.05) is 0 Å². The summed E-state index contributed by atoms with van der Waals surface area (Å²) in [4.78, 5) is 4.05. The van der Waals surface area contributed by atoms with Gasteiger partial charge in [-0.25, -0.2) is 4.98 Å². The number of oxazole rings is 1. The second-order valence-electron chi connectivity index (χ2n) is 3.35. The van der Waals surface area contributed by atoms with Crippen LogP contribution >= 0.6 is 11.6 Å². The van der Waals surface area contributed by atoms with Crippen molar-refractivity contribution in [3.8, 4) is 0 Å². The van der Waals surface area contributed by atoms with Crippen LogP contribution in [-0.4, -0.2) is 4.98 Å². The lowest BCUT2D eigenvalue weighted by Crippen LogP contribution is -2.13. The second kappa shape index (κ2) is 3.48. The van der Waals surface area contributed by atoms with Gasteiger partial charge in [-0.15, -0.1) is 11.6 Å². The second-order valence-corrected chi connectivity index (χ2v) is 3.62. The molecule has 1 saturated carbocycles. The molecule has 2 nitrogen and oxygen atoms in total. The van der Waals surface area contributed by atoms with Gasteiger partial charge in [0.2, 0.25) is 5.89 Å². The van der Waals surface area contributed by atoms with E-state index in [0.29, 0.717) is 11.8 Å². The van der Waals surface area contributed by atoms with Crippen molar-refractivity contribution in [2.45, 2.75) is 31.6 Å². The first-order chi connectivity index (χ1) is 5.88. The molecule has 1 aromatic heterocycles. The van der Waals surface area contributed by atoms with E-state index in [-0.39, 0.29) is 0 Å². The smallest absolute Gasteiger partial charge is 0.209 e. The lowest BCUT2D eigenvalue weighted by molar-refractivity contribution is 0.292. The number of hydrogen-bond donors (Lipinski definition) is 0. The molecule has 0 amide bonds. The Bertz CT molecular complexity index is 255. The molecule has 12 heavy (non-hydrogen) atoms. The molecule has 0 N–H and O–H groups in total. The summed E-state index contributed by atoms with van der Waals surface area (Å²) >= 11 is 5.57. The maximum atomic E-state index is 5.57. The zero-order valence-corrected chi connectivity index (χ0v) is 7.68. The van der Waals surface area contributed by atoms with Gasteiger partial charge in [-0.05, 0) is 5.92 Å². The van der Waals surface area contributed by atoms with Crippen LogP contribution in [0.2, 0.25) is 0 Å². The third kappa shape index (κ3) is 1.63. The summed E-state index contributed by atoms with van der Waals surface area (Å²) < 4.78 is 5.40. The first-order valence-corrected chi connectivity index (χ1v) is 4.91. The monoisotopic (exact) mass is 185 g/mol. The van der Waals surface area contributed by atoms with Gasteiger partial charge in [-0.2, -0.15) is 0 Å². The van der Waals surface area contributed by atoms with Gasteiger partial charge in [0.1, 0.15) is 5.76 Å². The van der Waals surface area contributed by atoms with Crippen molar-refractivity contribution >= 4 is 11.6 Å². The maximum absolute atomic E-state index is 5.57. The summed E-state index contributed by atoms with van der Waals surface area (Å²) in [6.45, 7) is 0. The molecular formula is C9H12ClNO. The molecule has 0 saturated heterocycles. The van der Waals surface area contributed by atoms with E-state index in [0.717, 1.165) is 18.1 Å². The Morgan fingerprint density at radius 1 is 1.58 bits per heavy atom. The van der Waals surface area contributed by atoms with Crippen LogP contribution in [0, 0.1) is 5.92 Å². The zero-order valence-electron chi connectivity index (χ0n) is 6.92. The minimum Gasteiger partial charge on any atom is -0.444 e. The molecular weight excluding hydrogens is 174 g/mol. The fourth-order valence-corrected chi connectivity index (χ4v) is 1.61. The van der Waals surface area contributed by atoms with E-state index in [1.165, 1.54) is 19.3 Å². The largest absolute Gasteiger partial charge is 0.444 e. The third-order valence-corrected chi connectivity index (χ3v) is 2.66. The summed E-state index contributed by atoms with van der Waals surface area (Å²) in [5, 5.41) is 0. The number of nitrogens with zero attached hydrogens (tertiary/aromatic N) is 1. The van der Waals surface area contributed by atoms with Gasteiger partial charge in [-0.1, -0.05) is 19.3 Å². The van der Waals surface area contributed by atoms with E-state index in [4.69, 9.17) is 16.0 Å². The topological polar surface area (TPSA) is 26.0 Å². The number of hydrogen-bond acceptors (Lipinski definition) is 2. The molecule has 2 rings (SSSR count). The molecule has 0 unspecified atom stereocenters. The van der Waals surface area contributed by atoms with E-state index < -0.39 is 0 Å². The predicted molar refractivity (Wildman–Crippen MR) is 47.1 cm³/mol. The Labute approximate surface area is 76.9 Å². The van der Waals surface area contributed by atoms with E-state index >= 15 is 0 Å². The molecule has 0 radical (unpaired) electrons. The SMILES string of the molecule is ClCc1ncc(CC2CCC2)o1. The molecule has 1 aliphatic carbocycles. The van der Waals surface area contributed by atoms with Crippen LogP contribution in [0.1, 0.15) is 30.9 Å². The average Bonchev–Trinajstić information content (AvgIpc) is 2.44. The first-order valence-electron chi connectivity index (χ1n) is 4.38. The van der Waals surface area contributed by atoms with Gasteiger partial charge < -0.3 is 4.42 Å². The minimum atomic E-state index is 0.380. The van der Waals surface area contributed by atoms with Crippen LogP contribution in [0.15, 0.2) is 10.6 Å². The highest BCUT2D eigenvalue weighted by molar-refractivity contribution is 6.16. The molecule has 66 valence electrons. The van der Waals surface area contributed by atoms with Crippen LogP contribution in [0.5, 0.6) is 0 Å². The highest BCUT2D eigenvalue weighted by Gasteiger charge is 2.19. The third-order valence-electron chi connectivity index (χ3n) is 2.43. The van der Waals surface area contributed by atoms with Crippen molar-refractivity contribution in [2.24, 2.45) is 5.92 Å². The van der Waals surface area contributed by atoms with E-state index in [2.05, 4.69) is 4.98 Å². The molecule has 1 heterocycles. The Morgan fingerprint density at radius 2 is 2.42 bits per heavy atom. The molecule has 1 aromatic rings. The van der Waals surface area contributed by atoms with Crippen LogP contribution in [0.4, 0.5) is 0 Å². The van der Waals surface area contributed by atoms with Gasteiger partial charge in [0.05, 0.1) is 12.1 Å². The lowest BCUT2D eigenvalue weighted by atomic mass is 9.82. The molecule has 0 bridgehead atoms. The van der Waals surface area contributed by atoms with Gasteiger partial charge in [-0.3, -0.25) is 0 Å². The fourth-order valence-electron chi connectivity index (χ4n) is 1.49. The molecule has 0 aromatic carbocycles. The van der Waals surface area contributed by atoms with Crippen molar-refractivity contribution in [3.05, 3.63) is 17.8 Å². The number of halogens is 1. The normalized spacial score (nSPS) is 17.8. The van der Waals surface area contributed by atoms with Gasteiger partial charge >= 0.3 is 0 Å². The standard InChI is InChI=1S/C9H12ClNO/c10-5-9-11-6-8(12-9)4-7-2-1-3-7/h6-7H,1-5H2. The van der Waals surface area contributed by atoms with Crippen molar-refractivity contribution < 1.29 is 4.42 Å². The van der Waals surface area contributed by atoms with Crippen LogP contribution in [0.3, 0.4) is 0 Å². The van der Waals surface area contributed by atoms with Gasteiger partial charge in [0.15, 0.2) is 0 Å². The van der Waals surface area contributed by atoms with Crippen molar-refractivity contribution in [1.29, 1.82) is 0 Å². The first kappa shape index (κ1) is 8.11. The fraction of sp³-hybridized carbons (Fsp3) is 0.667. The van der Waals surface area contributed by atoms with Crippen molar-refractivity contribution in [2.75, 3.05) is 0 Å². The molecule has 0 spiro atoms. The summed E-state index contributed by atoms with van der Waals surface area (Å²) in [6.07, 6.45) is 6.91. The van der Waals surface area contributed by atoms with E-state index in [9.17, 15) is 0 Å². The van der Waals surface area contributed by atoms with Crippen LogP contribution in [0.25, 0.3) is 0 Å². The van der Waals surface area contributed by atoms with Crippen molar-refractivity contribution in [3.63, 3.8) is 0 Å². The predicted octanol–water partition coefficient (Wildman–Crippen LogP) is 2.76. The van der Waals surface area contributed by atoms with Crippen LogP contribution < -0.4 is 0 Å². The summed E-state index contributed by atoms with van der Waals surface area (Å²) in [6, 6.07) is 0. The zero-order chi connectivity index (χ0) is 8.39. The molecule has 1 aliphatic rings. The summed E-state index contributed by atoms with van der Waals surface area (Å²) in [5.74, 6) is 2.85. The molecule has 0 aliphatic heterocycles. The minimum absolute atomic E-state index is 0.380. The maximum Gasteiger partial charge on any atom is 0.209 e. The Balaban J connectivity index is 1.93. The summed E-state index contributed by atoms with van der Waals surface area (Å²) in [5.41, 5.74) is 0. The highest BCUT2D eigenvalue weighted by Crippen LogP contribution is 2.29. The number of alkyl halides is 1. The van der Waals surface area contributed by atoms with Gasteiger partial charge in [0, 0.05) is 6.42 Å². The van der Waals surface area contributed by atoms with Gasteiger partial charge in [0.25, 0.3) is 0 Å². The average molecular weight is 186 g/mol. The Hall–Kier alpha value is -0.500. The Morgan fingerprint density at radius 3 is 2.92 bits per heavy atom. The lowest BCUT2D eigenvalue weighted by Gasteiger charge is -2.23.